The highest BCUT2D eigenvalue weighted by atomic mass is 19.2. The number of anilines is 1. The number of benzene rings is 1. The van der Waals surface area contributed by atoms with Crippen LogP contribution >= 0.6 is 0 Å². The van der Waals surface area contributed by atoms with E-state index >= 15 is 0 Å². The highest BCUT2D eigenvalue weighted by Gasteiger charge is 2.13. The zero-order chi connectivity index (χ0) is 15.1. The van der Waals surface area contributed by atoms with Gasteiger partial charge in [0, 0.05) is 11.8 Å². The summed E-state index contributed by atoms with van der Waals surface area (Å²) in [5.41, 5.74) is 0.0740. The molecular weight excluding hydrogens is 270 g/mol. The lowest BCUT2D eigenvalue weighted by Crippen LogP contribution is -2.37. The van der Waals surface area contributed by atoms with Crippen molar-refractivity contribution in [3.63, 3.8) is 0 Å². The number of halogens is 2. The predicted molar refractivity (Wildman–Crippen MR) is 67.9 cm³/mol. The molecule has 0 heterocycles. The summed E-state index contributed by atoms with van der Waals surface area (Å²) in [6, 6.07) is 2.90. The SMILES string of the molecule is C#CCN(CC(=O)O)CC(=O)Nc1ccc(F)c(F)c1. The monoisotopic (exact) mass is 282 g/mol. The molecule has 0 aliphatic heterocycles. The van der Waals surface area contributed by atoms with E-state index in [-0.39, 0.29) is 18.8 Å². The molecule has 1 aromatic rings. The number of nitrogens with one attached hydrogen (secondary N) is 1. The standard InChI is InChI=1S/C13H12F2N2O3/c1-2-5-17(8-13(19)20)7-12(18)16-9-3-4-10(14)11(15)6-9/h1,3-4,6H,5,7-8H2,(H,16,18)(H,19,20). The number of amides is 1. The van der Waals surface area contributed by atoms with Crippen molar-refractivity contribution in [2.45, 2.75) is 0 Å². The topological polar surface area (TPSA) is 69.6 Å². The summed E-state index contributed by atoms with van der Waals surface area (Å²) in [6.45, 7) is -0.678. The van der Waals surface area contributed by atoms with Gasteiger partial charge in [0.2, 0.25) is 5.91 Å². The quantitative estimate of drug-likeness (QED) is 0.761. The fraction of sp³-hybridized carbons (Fsp3) is 0.231. The Balaban J connectivity index is 2.63. The smallest absolute Gasteiger partial charge is 0.317 e. The number of carbonyl (C=O) groups is 2. The first kappa shape index (κ1) is 15.6. The second-order valence-corrected chi connectivity index (χ2v) is 3.92. The minimum absolute atomic E-state index is 0.0164. The second kappa shape index (κ2) is 7.21. The summed E-state index contributed by atoms with van der Waals surface area (Å²) in [4.78, 5) is 23.4. The van der Waals surface area contributed by atoms with Crippen molar-refractivity contribution in [1.82, 2.24) is 4.90 Å². The van der Waals surface area contributed by atoms with Gasteiger partial charge >= 0.3 is 5.97 Å². The van der Waals surface area contributed by atoms with Crippen molar-refractivity contribution in [3.8, 4) is 12.3 Å². The maximum Gasteiger partial charge on any atom is 0.317 e. The van der Waals surface area contributed by atoms with Crippen molar-refractivity contribution in [2.75, 3.05) is 25.0 Å². The first-order valence-electron chi connectivity index (χ1n) is 5.55. The van der Waals surface area contributed by atoms with Crippen LogP contribution in [-0.4, -0.2) is 41.5 Å². The fourth-order valence-corrected chi connectivity index (χ4v) is 1.47. The van der Waals surface area contributed by atoms with Crippen LogP contribution in [0.25, 0.3) is 0 Å². The van der Waals surface area contributed by atoms with Gasteiger partial charge in [-0.1, -0.05) is 5.92 Å². The summed E-state index contributed by atoms with van der Waals surface area (Å²) in [6.07, 6.45) is 5.06. The van der Waals surface area contributed by atoms with Gasteiger partial charge in [-0.15, -0.1) is 6.42 Å². The molecule has 0 fully saturated rings. The Morgan fingerprint density at radius 1 is 1.30 bits per heavy atom. The van der Waals surface area contributed by atoms with E-state index in [1.165, 1.54) is 11.0 Å². The molecule has 0 aliphatic carbocycles. The van der Waals surface area contributed by atoms with Crippen LogP contribution in [0.3, 0.4) is 0 Å². The van der Waals surface area contributed by atoms with E-state index in [1.54, 1.807) is 0 Å². The van der Waals surface area contributed by atoms with Gasteiger partial charge in [-0.2, -0.15) is 0 Å². The lowest BCUT2D eigenvalue weighted by atomic mass is 10.3. The molecule has 1 rings (SSSR count). The molecule has 0 aliphatic rings. The number of hydrogen-bond donors (Lipinski definition) is 2. The number of hydrogen-bond acceptors (Lipinski definition) is 3. The molecule has 0 unspecified atom stereocenters. The number of rotatable bonds is 6. The summed E-state index contributed by atoms with van der Waals surface area (Å²) in [7, 11) is 0. The highest BCUT2D eigenvalue weighted by Crippen LogP contribution is 2.12. The van der Waals surface area contributed by atoms with Gasteiger partial charge in [-0.05, 0) is 12.1 Å². The van der Waals surface area contributed by atoms with Crippen LogP contribution in [0, 0.1) is 24.0 Å². The molecule has 5 nitrogen and oxygen atoms in total. The van der Waals surface area contributed by atoms with E-state index in [2.05, 4.69) is 11.2 Å². The number of aliphatic carboxylic acids is 1. The molecule has 0 atom stereocenters. The minimum Gasteiger partial charge on any atom is -0.480 e. The molecule has 0 saturated heterocycles. The maximum atomic E-state index is 12.9. The average molecular weight is 282 g/mol. The molecule has 7 heteroatoms. The van der Waals surface area contributed by atoms with E-state index in [9.17, 15) is 18.4 Å². The highest BCUT2D eigenvalue weighted by molar-refractivity contribution is 5.92. The van der Waals surface area contributed by atoms with Crippen LogP contribution in [0.2, 0.25) is 0 Å². The Kier molecular flexibility index (Phi) is 5.62. The van der Waals surface area contributed by atoms with Crippen LogP contribution in [-0.2, 0) is 9.59 Å². The third kappa shape index (κ3) is 5.04. The van der Waals surface area contributed by atoms with Crippen LogP contribution < -0.4 is 5.32 Å². The molecule has 0 saturated carbocycles. The maximum absolute atomic E-state index is 12.9. The first-order chi connectivity index (χ1) is 9.42. The van der Waals surface area contributed by atoms with Crippen molar-refractivity contribution >= 4 is 17.6 Å². The van der Waals surface area contributed by atoms with Gasteiger partial charge in [0.15, 0.2) is 11.6 Å². The number of carboxylic acid groups (broad SMARTS) is 1. The molecule has 0 radical (unpaired) electrons. The van der Waals surface area contributed by atoms with Crippen LogP contribution in [0.15, 0.2) is 18.2 Å². The summed E-state index contributed by atoms with van der Waals surface area (Å²) >= 11 is 0. The summed E-state index contributed by atoms with van der Waals surface area (Å²) in [5.74, 6) is -1.58. The molecule has 20 heavy (non-hydrogen) atoms. The summed E-state index contributed by atoms with van der Waals surface area (Å²) in [5, 5.41) is 11.0. The van der Waals surface area contributed by atoms with Gasteiger partial charge < -0.3 is 10.4 Å². The first-order valence-corrected chi connectivity index (χ1v) is 5.55. The molecule has 106 valence electrons. The Morgan fingerprint density at radius 3 is 2.55 bits per heavy atom. The predicted octanol–water partition coefficient (Wildman–Crippen LogP) is 0.923. The molecule has 0 bridgehead atoms. The Labute approximate surface area is 114 Å². The van der Waals surface area contributed by atoms with Gasteiger partial charge in [0.1, 0.15) is 0 Å². The van der Waals surface area contributed by atoms with E-state index in [1.807, 2.05) is 0 Å². The van der Waals surface area contributed by atoms with Crippen LogP contribution in [0.4, 0.5) is 14.5 Å². The zero-order valence-electron chi connectivity index (χ0n) is 10.4. The second-order valence-electron chi connectivity index (χ2n) is 3.92. The third-order valence-corrected chi connectivity index (χ3v) is 2.24. The zero-order valence-corrected chi connectivity index (χ0v) is 10.4. The molecule has 2 N–H and O–H groups in total. The van der Waals surface area contributed by atoms with E-state index in [0.717, 1.165) is 12.1 Å². The van der Waals surface area contributed by atoms with E-state index in [0.29, 0.717) is 0 Å². The number of terminal acetylenes is 1. The number of carboxylic acids is 1. The molecule has 0 spiro atoms. The van der Waals surface area contributed by atoms with E-state index in [4.69, 9.17) is 11.5 Å². The van der Waals surface area contributed by atoms with Crippen molar-refractivity contribution in [3.05, 3.63) is 29.8 Å². The molecule has 1 aromatic carbocycles. The lowest BCUT2D eigenvalue weighted by molar-refractivity contribution is -0.138. The van der Waals surface area contributed by atoms with Crippen LogP contribution in [0.1, 0.15) is 0 Å². The van der Waals surface area contributed by atoms with Crippen molar-refractivity contribution in [1.29, 1.82) is 0 Å². The molecule has 1 amide bonds. The van der Waals surface area contributed by atoms with Crippen molar-refractivity contribution in [2.24, 2.45) is 0 Å². The minimum atomic E-state index is -1.12. The summed E-state index contributed by atoms with van der Waals surface area (Å²) < 4.78 is 25.7. The third-order valence-electron chi connectivity index (χ3n) is 2.24. The Hall–Kier alpha value is -2.46. The molecular formula is C13H12F2N2O3. The number of carbonyl (C=O) groups excluding carboxylic acids is 1. The van der Waals surface area contributed by atoms with Gasteiger partial charge in [-0.25, -0.2) is 8.78 Å². The fourth-order valence-electron chi connectivity index (χ4n) is 1.47. The van der Waals surface area contributed by atoms with Gasteiger partial charge in [0.05, 0.1) is 19.6 Å². The largest absolute Gasteiger partial charge is 0.480 e. The van der Waals surface area contributed by atoms with Gasteiger partial charge in [0.25, 0.3) is 0 Å². The average Bonchev–Trinajstić information content (AvgIpc) is 2.33. The normalized spacial score (nSPS) is 10.1. The Bertz CT molecular complexity index is 555. The van der Waals surface area contributed by atoms with Crippen LogP contribution in [0.5, 0.6) is 0 Å². The molecule has 0 aromatic heterocycles. The van der Waals surface area contributed by atoms with Gasteiger partial charge in [-0.3, -0.25) is 14.5 Å². The van der Waals surface area contributed by atoms with E-state index < -0.39 is 30.1 Å². The lowest BCUT2D eigenvalue weighted by Gasteiger charge is -2.16. The Morgan fingerprint density at radius 2 is 2.00 bits per heavy atom. The van der Waals surface area contributed by atoms with Crippen molar-refractivity contribution < 1.29 is 23.5 Å². The number of nitrogens with zero attached hydrogens (tertiary/aromatic N) is 1.